The summed E-state index contributed by atoms with van der Waals surface area (Å²) in [5.74, 6) is 0.597. The average Bonchev–Trinajstić information content (AvgIpc) is 2.42. The van der Waals surface area contributed by atoms with Crippen LogP contribution in [0.3, 0.4) is 0 Å². The molecule has 0 radical (unpaired) electrons. The molecule has 1 N–H and O–H groups in total. The molecule has 1 aromatic carbocycles. The zero-order chi connectivity index (χ0) is 14.1. The second kappa shape index (κ2) is 9.11. The second-order valence-corrected chi connectivity index (χ2v) is 5.80. The molecule has 19 heavy (non-hydrogen) atoms. The summed E-state index contributed by atoms with van der Waals surface area (Å²) in [6.45, 7) is 10.2. The molecule has 2 nitrogen and oxygen atoms in total. The Kier molecular flexibility index (Phi) is 7.76. The minimum absolute atomic E-state index is 0.597. The molecule has 0 saturated carbocycles. The van der Waals surface area contributed by atoms with E-state index in [-0.39, 0.29) is 0 Å². The molecule has 0 fully saturated rings. The van der Waals surface area contributed by atoms with Gasteiger partial charge in [0.15, 0.2) is 0 Å². The fourth-order valence-electron chi connectivity index (χ4n) is 2.09. The fraction of sp³-hybridized carbons (Fsp3) is 0.647. The molecule has 0 heterocycles. The molecule has 0 aromatic heterocycles. The Hall–Kier alpha value is -0.860. The lowest BCUT2D eigenvalue weighted by molar-refractivity contribution is 0.268. The van der Waals surface area contributed by atoms with Crippen LogP contribution in [0.15, 0.2) is 30.3 Å². The van der Waals surface area contributed by atoms with Crippen molar-refractivity contribution in [1.29, 1.82) is 0 Å². The van der Waals surface area contributed by atoms with E-state index in [0.717, 1.165) is 13.1 Å². The second-order valence-electron chi connectivity index (χ2n) is 5.80. The quantitative estimate of drug-likeness (QED) is 0.685. The molecular weight excluding hydrogens is 232 g/mol. The van der Waals surface area contributed by atoms with E-state index in [9.17, 15) is 0 Å². The van der Waals surface area contributed by atoms with Crippen molar-refractivity contribution >= 4 is 0 Å². The van der Waals surface area contributed by atoms with Crippen LogP contribution in [0.2, 0.25) is 0 Å². The number of nitrogens with zero attached hydrogens (tertiary/aromatic N) is 1. The monoisotopic (exact) mass is 262 g/mol. The van der Waals surface area contributed by atoms with Gasteiger partial charge < -0.3 is 10.2 Å². The van der Waals surface area contributed by atoms with Gasteiger partial charge in [0.2, 0.25) is 0 Å². The maximum Gasteiger partial charge on any atom is 0.00355 e. The summed E-state index contributed by atoms with van der Waals surface area (Å²) in [5, 5.41) is 3.57. The summed E-state index contributed by atoms with van der Waals surface area (Å²) in [4.78, 5) is 2.41. The summed E-state index contributed by atoms with van der Waals surface area (Å²) in [5.41, 5.74) is 1.43. The molecule has 1 aromatic rings. The lowest BCUT2D eigenvalue weighted by atomic mass is 10.0. The number of rotatable bonds is 9. The first-order valence-electron chi connectivity index (χ1n) is 7.57. The summed E-state index contributed by atoms with van der Waals surface area (Å²) >= 11 is 0. The van der Waals surface area contributed by atoms with Crippen LogP contribution in [0.5, 0.6) is 0 Å². The van der Waals surface area contributed by atoms with Crippen LogP contribution >= 0.6 is 0 Å². The van der Waals surface area contributed by atoms with Crippen LogP contribution in [0.1, 0.15) is 45.1 Å². The normalized spacial score (nSPS) is 13.2. The Bertz CT molecular complexity index is 321. The fourth-order valence-corrected chi connectivity index (χ4v) is 2.09. The van der Waals surface area contributed by atoms with Crippen molar-refractivity contribution < 1.29 is 0 Å². The van der Waals surface area contributed by atoms with Crippen LogP contribution < -0.4 is 5.32 Å². The molecule has 0 amide bonds. The molecule has 2 heteroatoms. The highest BCUT2D eigenvalue weighted by Gasteiger charge is 2.04. The molecule has 1 atom stereocenters. The van der Waals surface area contributed by atoms with Gasteiger partial charge in [0, 0.05) is 12.6 Å². The number of hydrogen-bond donors (Lipinski definition) is 1. The first-order chi connectivity index (χ1) is 9.11. The van der Waals surface area contributed by atoms with E-state index in [4.69, 9.17) is 0 Å². The zero-order valence-electron chi connectivity index (χ0n) is 13.0. The highest BCUT2D eigenvalue weighted by Crippen LogP contribution is 2.12. The van der Waals surface area contributed by atoms with Gasteiger partial charge in [0.1, 0.15) is 0 Å². The number of unbranched alkanes of at least 4 members (excludes halogenated alkanes) is 1. The lowest BCUT2D eigenvalue weighted by Crippen LogP contribution is -2.28. The minimum atomic E-state index is 0.597. The third kappa shape index (κ3) is 6.74. The SMILES string of the molecule is CC(CNCCCCN(C)C(C)C)c1ccccc1. The highest BCUT2D eigenvalue weighted by molar-refractivity contribution is 5.18. The first kappa shape index (κ1) is 16.2. The van der Waals surface area contributed by atoms with Gasteiger partial charge in [0.05, 0.1) is 0 Å². The summed E-state index contributed by atoms with van der Waals surface area (Å²) in [6.07, 6.45) is 2.54. The van der Waals surface area contributed by atoms with Crippen molar-refractivity contribution in [2.45, 2.75) is 45.6 Å². The molecule has 0 bridgehead atoms. The summed E-state index contributed by atoms with van der Waals surface area (Å²) in [6, 6.07) is 11.4. The predicted molar refractivity (Wildman–Crippen MR) is 84.7 cm³/mol. The lowest BCUT2D eigenvalue weighted by Gasteiger charge is -2.20. The topological polar surface area (TPSA) is 15.3 Å². The van der Waals surface area contributed by atoms with E-state index in [1.165, 1.54) is 24.9 Å². The van der Waals surface area contributed by atoms with Gasteiger partial charge in [-0.2, -0.15) is 0 Å². The molecule has 1 unspecified atom stereocenters. The van der Waals surface area contributed by atoms with Crippen molar-refractivity contribution in [3.63, 3.8) is 0 Å². The Labute approximate surface area is 119 Å². The minimum Gasteiger partial charge on any atom is -0.316 e. The van der Waals surface area contributed by atoms with E-state index in [1.54, 1.807) is 0 Å². The first-order valence-corrected chi connectivity index (χ1v) is 7.57. The average molecular weight is 262 g/mol. The van der Waals surface area contributed by atoms with Crippen molar-refractivity contribution in [1.82, 2.24) is 10.2 Å². The van der Waals surface area contributed by atoms with Gasteiger partial charge in [-0.25, -0.2) is 0 Å². The largest absolute Gasteiger partial charge is 0.316 e. The van der Waals surface area contributed by atoms with E-state index >= 15 is 0 Å². The maximum atomic E-state index is 3.57. The van der Waals surface area contributed by atoms with Crippen molar-refractivity contribution in [3.05, 3.63) is 35.9 Å². The molecule has 108 valence electrons. The molecule has 0 saturated heterocycles. The van der Waals surface area contributed by atoms with Crippen LogP contribution in [0, 0.1) is 0 Å². The Morgan fingerprint density at radius 1 is 1.05 bits per heavy atom. The molecular formula is C17H30N2. The van der Waals surface area contributed by atoms with E-state index < -0.39 is 0 Å². The number of hydrogen-bond acceptors (Lipinski definition) is 2. The predicted octanol–water partition coefficient (Wildman–Crippen LogP) is 3.50. The molecule has 0 spiro atoms. The van der Waals surface area contributed by atoms with E-state index in [0.29, 0.717) is 12.0 Å². The van der Waals surface area contributed by atoms with Gasteiger partial charge in [-0.05, 0) is 58.3 Å². The van der Waals surface area contributed by atoms with Gasteiger partial charge in [-0.3, -0.25) is 0 Å². The van der Waals surface area contributed by atoms with E-state index in [2.05, 4.69) is 68.4 Å². The summed E-state index contributed by atoms with van der Waals surface area (Å²) in [7, 11) is 2.20. The number of benzene rings is 1. The van der Waals surface area contributed by atoms with Gasteiger partial charge in [-0.1, -0.05) is 37.3 Å². The van der Waals surface area contributed by atoms with Crippen LogP contribution in [0.25, 0.3) is 0 Å². The zero-order valence-corrected chi connectivity index (χ0v) is 13.0. The van der Waals surface area contributed by atoms with E-state index in [1.807, 2.05) is 0 Å². The Morgan fingerprint density at radius 3 is 2.37 bits per heavy atom. The Balaban J connectivity index is 2.05. The van der Waals surface area contributed by atoms with Crippen LogP contribution in [-0.2, 0) is 0 Å². The molecule has 0 aliphatic carbocycles. The third-order valence-electron chi connectivity index (χ3n) is 3.82. The van der Waals surface area contributed by atoms with Crippen LogP contribution in [0.4, 0.5) is 0 Å². The standard InChI is InChI=1S/C17H30N2/c1-15(2)19(4)13-9-8-12-18-14-16(3)17-10-6-5-7-11-17/h5-7,10-11,15-16,18H,8-9,12-14H2,1-4H3. The maximum absolute atomic E-state index is 3.57. The van der Waals surface area contributed by atoms with Gasteiger partial charge in [0.25, 0.3) is 0 Å². The van der Waals surface area contributed by atoms with Crippen molar-refractivity contribution in [2.75, 3.05) is 26.7 Å². The Morgan fingerprint density at radius 2 is 1.74 bits per heavy atom. The molecule has 0 aliphatic rings. The highest BCUT2D eigenvalue weighted by atomic mass is 15.1. The van der Waals surface area contributed by atoms with Gasteiger partial charge in [-0.15, -0.1) is 0 Å². The third-order valence-corrected chi connectivity index (χ3v) is 3.82. The molecule has 1 rings (SSSR count). The van der Waals surface area contributed by atoms with Crippen molar-refractivity contribution in [3.8, 4) is 0 Å². The van der Waals surface area contributed by atoms with Crippen LogP contribution in [-0.4, -0.2) is 37.6 Å². The van der Waals surface area contributed by atoms with Crippen molar-refractivity contribution in [2.24, 2.45) is 0 Å². The number of nitrogens with one attached hydrogen (secondary N) is 1. The van der Waals surface area contributed by atoms with Gasteiger partial charge >= 0.3 is 0 Å². The summed E-state index contributed by atoms with van der Waals surface area (Å²) < 4.78 is 0. The molecule has 0 aliphatic heterocycles. The smallest absolute Gasteiger partial charge is 0.00355 e.